The van der Waals surface area contributed by atoms with Gasteiger partial charge in [0.1, 0.15) is 0 Å². The first-order valence-electron chi connectivity index (χ1n) is 2.41. The van der Waals surface area contributed by atoms with Crippen molar-refractivity contribution >= 4 is 11.3 Å². The van der Waals surface area contributed by atoms with Crippen LogP contribution in [-0.4, -0.2) is 0 Å². The molecular formula is C6H4OS. The molecule has 1 aliphatic heterocycles. The van der Waals surface area contributed by atoms with Crippen molar-refractivity contribution in [3.63, 3.8) is 0 Å². The molecule has 2 rings (SSSR count). The topological polar surface area (TPSA) is 9.23 Å². The summed E-state index contributed by atoms with van der Waals surface area (Å²) in [7, 11) is 0. The van der Waals surface area contributed by atoms with Crippen LogP contribution >= 0.6 is 11.3 Å². The van der Waals surface area contributed by atoms with Gasteiger partial charge >= 0.3 is 0 Å². The van der Waals surface area contributed by atoms with Gasteiger partial charge in [-0.05, 0) is 17.0 Å². The van der Waals surface area contributed by atoms with Crippen LogP contribution in [0.25, 0.3) is 0 Å². The lowest BCUT2D eigenvalue weighted by Crippen LogP contribution is -1.70. The Bertz CT molecular complexity index is 174. The van der Waals surface area contributed by atoms with E-state index in [1.54, 1.807) is 11.3 Å². The Kier molecular flexibility index (Phi) is 0.889. The molecule has 8 heavy (non-hydrogen) atoms. The molecule has 0 bridgehead atoms. The quantitative estimate of drug-likeness (QED) is 0.511. The Labute approximate surface area is 51.9 Å². The predicted molar refractivity (Wildman–Crippen MR) is 31.5 cm³/mol. The lowest BCUT2D eigenvalue weighted by atomic mass is 10.3. The number of thiophene rings is 1. The highest BCUT2D eigenvalue weighted by atomic mass is 32.1. The van der Waals surface area contributed by atoms with E-state index in [0.717, 1.165) is 11.5 Å². The van der Waals surface area contributed by atoms with Crippen LogP contribution in [0.4, 0.5) is 0 Å². The van der Waals surface area contributed by atoms with E-state index >= 15 is 0 Å². The molecule has 0 aliphatic carbocycles. The molecular weight excluding hydrogens is 120 g/mol. The van der Waals surface area contributed by atoms with Crippen molar-refractivity contribution < 1.29 is 4.74 Å². The molecule has 0 N–H and O–H groups in total. The van der Waals surface area contributed by atoms with Crippen molar-refractivity contribution in [3.05, 3.63) is 28.5 Å². The van der Waals surface area contributed by atoms with Crippen LogP contribution in [0.15, 0.2) is 11.4 Å². The van der Waals surface area contributed by atoms with Crippen LogP contribution in [0.2, 0.25) is 0 Å². The molecule has 0 unspecified atom stereocenters. The third-order valence-corrected chi connectivity index (χ3v) is 1.99. The normalized spacial score (nSPS) is 16.5. The standard InChI is InChI=1S/C6H4OS/c1-2-8-6-4-7-3-5(1)6/h1-2H,3H2. The lowest BCUT2D eigenvalue weighted by Gasteiger charge is -1.79. The van der Waals surface area contributed by atoms with E-state index in [-0.39, 0.29) is 0 Å². The van der Waals surface area contributed by atoms with Crippen LogP contribution in [0.3, 0.4) is 0 Å². The van der Waals surface area contributed by atoms with E-state index in [2.05, 4.69) is 18.1 Å². The summed E-state index contributed by atoms with van der Waals surface area (Å²) in [6.07, 6.45) is 0. The Morgan fingerprint density at radius 1 is 1.75 bits per heavy atom. The van der Waals surface area contributed by atoms with Crippen LogP contribution < -0.4 is 0 Å². The van der Waals surface area contributed by atoms with Gasteiger partial charge in [-0.25, -0.2) is 0 Å². The molecule has 1 aromatic heterocycles. The molecule has 0 spiro atoms. The summed E-state index contributed by atoms with van der Waals surface area (Å²) < 4.78 is 4.92. The summed E-state index contributed by atoms with van der Waals surface area (Å²) in [6.45, 7) is 3.52. The SMILES string of the molecule is [C]1OCc2ccsc21. The maximum atomic E-state index is 4.92. The van der Waals surface area contributed by atoms with E-state index in [1.165, 1.54) is 5.56 Å². The summed E-state index contributed by atoms with van der Waals surface area (Å²) in [5.41, 5.74) is 1.27. The summed E-state index contributed by atoms with van der Waals surface area (Å²) >= 11 is 1.68. The molecule has 0 amide bonds. The van der Waals surface area contributed by atoms with E-state index < -0.39 is 0 Å². The van der Waals surface area contributed by atoms with Crippen LogP contribution in [0.1, 0.15) is 10.4 Å². The largest absolute Gasteiger partial charge is 0.357 e. The Morgan fingerprint density at radius 3 is 3.62 bits per heavy atom. The number of ether oxygens (including phenoxy) is 1. The lowest BCUT2D eigenvalue weighted by molar-refractivity contribution is 0.224. The molecule has 1 aliphatic rings. The van der Waals surface area contributed by atoms with Crippen molar-refractivity contribution in [3.8, 4) is 0 Å². The summed E-state index contributed by atoms with van der Waals surface area (Å²) in [5.74, 6) is 0. The molecule has 2 heteroatoms. The van der Waals surface area contributed by atoms with Crippen molar-refractivity contribution in [2.75, 3.05) is 0 Å². The number of rotatable bonds is 0. The Balaban J connectivity index is 2.54. The average Bonchev–Trinajstić information content (AvgIpc) is 2.15. The number of fused-ring (bicyclic) bond motifs is 1. The number of hydrogen-bond donors (Lipinski definition) is 0. The highest BCUT2D eigenvalue weighted by Crippen LogP contribution is 2.25. The molecule has 0 atom stereocenters. The van der Waals surface area contributed by atoms with Gasteiger partial charge in [-0.3, -0.25) is 0 Å². The minimum absolute atomic E-state index is 0.721. The van der Waals surface area contributed by atoms with Gasteiger partial charge in [-0.1, -0.05) is 0 Å². The van der Waals surface area contributed by atoms with Crippen molar-refractivity contribution in [2.45, 2.75) is 6.61 Å². The first kappa shape index (κ1) is 4.53. The van der Waals surface area contributed by atoms with E-state index in [1.807, 2.05) is 0 Å². The highest BCUT2D eigenvalue weighted by Gasteiger charge is 2.12. The zero-order chi connectivity index (χ0) is 5.40. The van der Waals surface area contributed by atoms with Gasteiger partial charge < -0.3 is 4.74 Å². The Morgan fingerprint density at radius 2 is 2.75 bits per heavy atom. The number of hydrogen-bond acceptors (Lipinski definition) is 2. The minimum Gasteiger partial charge on any atom is -0.357 e. The van der Waals surface area contributed by atoms with Crippen molar-refractivity contribution in [2.24, 2.45) is 0 Å². The third kappa shape index (κ3) is 0.501. The molecule has 1 nitrogen and oxygen atoms in total. The van der Waals surface area contributed by atoms with Gasteiger partial charge in [0.05, 0.1) is 6.61 Å². The monoisotopic (exact) mass is 124 g/mol. The molecule has 1 aromatic rings. The minimum atomic E-state index is 0.721. The van der Waals surface area contributed by atoms with Gasteiger partial charge in [0.25, 0.3) is 0 Å². The summed E-state index contributed by atoms with van der Waals surface area (Å²) in [6, 6.07) is 2.07. The van der Waals surface area contributed by atoms with Crippen molar-refractivity contribution in [1.82, 2.24) is 0 Å². The summed E-state index contributed by atoms with van der Waals surface area (Å²) in [5, 5.41) is 2.06. The Hall–Kier alpha value is -0.340. The molecule has 0 aromatic carbocycles. The zero-order valence-electron chi connectivity index (χ0n) is 4.18. The molecule has 2 heterocycles. The molecule has 0 saturated heterocycles. The van der Waals surface area contributed by atoms with Crippen molar-refractivity contribution in [1.29, 1.82) is 0 Å². The van der Waals surface area contributed by atoms with Crippen LogP contribution in [-0.2, 0) is 11.3 Å². The maximum absolute atomic E-state index is 4.92. The highest BCUT2D eigenvalue weighted by molar-refractivity contribution is 7.10. The van der Waals surface area contributed by atoms with E-state index in [0.29, 0.717) is 0 Å². The van der Waals surface area contributed by atoms with Gasteiger partial charge in [0.15, 0.2) is 6.61 Å². The van der Waals surface area contributed by atoms with Gasteiger partial charge in [0.2, 0.25) is 0 Å². The van der Waals surface area contributed by atoms with Crippen LogP contribution in [0.5, 0.6) is 0 Å². The predicted octanol–water partition coefficient (Wildman–Crippen LogP) is 1.67. The van der Waals surface area contributed by atoms with Gasteiger partial charge in [-0.15, -0.1) is 11.3 Å². The van der Waals surface area contributed by atoms with Gasteiger partial charge in [0, 0.05) is 4.88 Å². The molecule has 0 fully saturated rings. The second-order valence-corrected chi connectivity index (χ2v) is 2.58. The zero-order valence-corrected chi connectivity index (χ0v) is 4.99. The summed E-state index contributed by atoms with van der Waals surface area (Å²) in [4.78, 5) is 1.16. The molecule has 40 valence electrons. The van der Waals surface area contributed by atoms with E-state index in [9.17, 15) is 0 Å². The third-order valence-electron chi connectivity index (χ3n) is 1.14. The first-order valence-corrected chi connectivity index (χ1v) is 3.29. The average molecular weight is 124 g/mol. The first-order chi connectivity index (χ1) is 3.97. The van der Waals surface area contributed by atoms with Gasteiger partial charge in [-0.2, -0.15) is 0 Å². The molecule has 0 saturated carbocycles. The maximum Gasteiger partial charge on any atom is 0.177 e. The van der Waals surface area contributed by atoms with Crippen LogP contribution in [0, 0.1) is 6.61 Å². The van der Waals surface area contributed by atoms with E-state index in [4.69, 9.17) is 4.74 Å². The fraction of sp³-hybridized carbons (Fsp3) is 0.167. The fourth-order valence-electron chi connectivity index (χ4n) is 0.718. The second-order valence-electron chi connectivity index (χ2n) is 1.67. The fourth-order valence-corrected chi connectivity index (χ4v) is 1.47. The molecule has 2 radical (unpaired) electrons. The smallest absolute Gasteiger partial charge is 0.177 e. The second kappa shape index (κ2) is 1.57.